The monoisotopic (exact) mass is 418 g/mol. The third-order valence-electron chi connectivity index (χ3n) is 4.11. The van der Waals surface area contributed by atoms with Gasteiger partial charge in [0.1, 0.15) is 10.6 Å². The van der Waals surface area contributed by atoms with Gasteiger partial charge >= 0.3 is 6.09 Å². The van der Waals surface area contributed by atoms with E-state index in [2.05, 4.69) is 21.9 Å². The van der Waals surface area contributed by atoms with Crippen molar-refractivity contribution in [3.8, 4) is 16.5 Å². The summed E-state index contributed by atoms with van der Waals surface area (Å²) in [5.41, 5.74) is 1.05. The molecule has 0 saturated carbocycles. The highest BCUT2D eigenvalue weighted by Crippen LogP contribution is 2.40. The highest BCUT2D eigenvalue weighted by molar-refractivity contribution is 7.19. The number of methoxy groups -OCH3 is 1. The van der Waals surface area contributed by atoms with E-state index in [0.717, 1.165) is 15.6 Å². The lowest BCUT2D eigenvalue weighted by atomic mass is 10.0. The first-order chi connectivity index (χ1) is 13.5. The van der Waals surface area contributed by atoms with Gasteiger partial charge in [-0.15, -0.1) is 0 Å². The van der Waals surface area contributed by atoms with E-state index < -0.39 is 11.7 Å². The minimum atomic E-state index is -0.571. The van der Waals surface area contributed by atoms with E-state index in [1.54, 1.807) is 19.5 Å². The van der Waals surface area contributed by atoms with Crippen LogP contribution in [-0.4, -0.2) is 41.9 Å². The minimum absolute atomic E-state index is 0.106. The second-order valence-electron chi connectivity index (χ2n) is 7.99. The van der Waals surface area contributed by atoms with Crippen molar-refractivity contribution >= 4 is 22.4 Å². The number of rotatable bonds is 7. The summed E-state index contributed by atoms with van der Waals surface area (Å²) in [6.07, 6.45) is 3.01. The number of hydrogen-bond acceptors (Lipinski definition) is 7. The molecule has 0 saturated heterocycles. The van der Waals surface area contributed by atoms with Crippen molar-refractivity contribution < 1.29 is 14.3 Å². The molecule has 2 heterocycles. The molecule has 0 aliphatic rings. The maximum Gasteiger partial charge on any atom is 0.408 e. The maximum absolute atomic E-state index is 12.3. The summed E-state index contributed by atoms with van der Waals surface area (Å²) in [5, 5.41) is 4.53. The number of aromatic nitrogens is 2. The third-order valence-corrected chi connectivity index (χ3v) is 5.28. The van der Waals surface area contributed by atoms with Crippen molar-refractivity contribution in [2.24, 2.45) is 5.92 Å². The number of thiazole rings is 1. The topological polar surface area (TPSA) is 76.6 Å². The van der Waals surface area contributed by atoms with Gasteiger partial charge in [-0.25, -0.2) is 4.79 Å². The van der Waals surface area contributed by atoms with Crippen molar-refractivity contribution in [2.45, 2.75) is 46.3 Å². The number of nitrogens with one attached hydrogen (secondary N) is 1. The van der Waals surface area contributed by atoms with E-state index in [9.17, 15) is 4.79 Å². The highest BCUT2D eigenvalue weighted by Gasteiger charge is 2.28. The molecule has 8 heteroatoms. The molecule has 0 spiro atoms. The molecule has 0 aliphatic carbocycles. The fraction of sp³-hybridized carbons (Fsp3) is 0.476. The van der Waals surface area contributed by atoms with Gasteiger partial charge in [-0.3, -0.25) is 4.98 Å². The molecule has 2 aromatic rings. The van der Waals surface area contributed by atoms with Gasteiger partial charge in [0.05, 0.1) is 13.2 Å². The van der Waals surface area contributed by atoms with Crippen LogP contribution in [0.4, 0.5) is 9.80 Å². The van der Waals surface area contributed by atoms with Gasteiger partial charge in [0, 0.05) is 30.7 Å². The molecule has 158 valence electrons. The van der Waals surface area contributed by atoms with Gasteiger partial charge < -0.3 is 19.7 Å². The Kier molecular flexibility index (Phi) is 7.24. The summed E-state index contributed by atoms with van der Waals surface area (Å²) in [4.78, 5) is 22.9. The molecule has 7 nitrogen and oxygen atoms in total. The van der Waals surface area contributed by atoms with Crippen LogP contribution in [0, 0.1) is 5.92 Å². The molecule has 0 bridgehead atoms. The zero-order valence-electron chi connectivity index (χ0n) is 18.1. The summed E-state index contributed by atoms with van der Waals surface area (Å²) in [6.45, 7) is 13.8. The van der Waals surface area contributed by atoms with Crippen LogP contribution in [0.15, 0.2) is 36.8 Å². The fourth-order valence-corrected chi connectivity index (χ4v) is 3.68. The Bertz CT molecular complexity index is 843. The number of amides is 1. The predicted molar refractivity (Wildman–Crippen MR) is 117 cm³/mol. The molecule has 1 unspecified atom stereocenters. The van der Waals surface area contributed by atoms with Gasteiger partial charge in [-0.05, 0) is 38.8 Å². The summed E-state index contributed by atoms with van der Waals surface area (Å²) in [5.74, 6) is 0.603. The Balaban J connectivity index is 2.26. The molecule has 1 atom stereocenters. The number of hydrogen-bond donors (Lipinski definition) is 1. The Morgan fingerprint density at radius 3 is 2.55 bits per heavy atom. The van der Waals surface area contributed by atoms with Gasteiger partial charge in [-0.2, -0.15) is 4.98 Å². The Labute approximate surface area is 176 Å². The average Bonchev–Trinajstić information content (AvgIpc) is 3.08. The molecule has 0 aliphatic heterocycles. The van der Waals surface area contributed by atoms with Crippen LogP contribution in [0.5, 0.6) is 5.88 Å². The number of carbonyl (C=O) groups is 1. The number of likely N-dealkylation sites (N-methyl/N-ethyl adjacent to an activating group) is 1. The van der Waals surface area contributed by atoms with Crippen LogP contribution in [-0.2, 0) is 4.74 Å². The van der Waals surface area contributed by atoms with Crippen LogP contribution in [0.3, 0.4) is 0 Å². The smallest absolute Gasteiger partial charge is 0.408 e. The number of ether oxygens (including phenoxy) is 2. The van der Waals surface area contributed by atoms with Gasteiger partial charge in [0.25, 0.3) is 0 Å². The Morgan fingerprint density at radius 1 is 1.34 bits per heavy atom. The second-order valence-corrected chi connectivity index (χ2v) is 8.97. The molecule has 0 aromatic carbocycles. The first-order valence-electron chi connectivity index (χ1n) is 9.40. The summed E-state index contributed by atoms with van der Waals surface area (Å²) >= 11 is 1.48. The van der Waals surface area contributed by atoms with E-state index in [1.165, 1.54) is 11.3 Å². The van der Waals surface area contributed by atoms with Crippen LogP contribution in [0.2, 0.25) is 0 Å². The van der Waals surface area contributed by atoms with Crippen molar-refractivity contribution in [1.29, 1.82) is 0 Å². The van der Waals surface area contributed by atoms with Crippen molar-refractivity contribution in [3.05, 3.63) is 36.8 Å². The van der Waals surface area contributed by atoms with Crippen LogP contribution < -0.4 is 15.0 Å². The number of alkyl carbamates (subject to hydrolysis) is 1. The molecule has 0 fully saturated rings. The van der Waals surface area contributed by atoms with E-state index in [1.807, 2.05) is 58.7 Å². The van der Waals surface area contributed by atoms with Crippen molar-refractivity contribution in [2.75, 3.05) is 19.1 Å². The van der Waals surface area contributed by atoms with Crippen LogP contribution in [0.25, 0.3) is 10.6 Å². The molecular weight excluding hydrogens is 388 g/mol. The third kappa shape index (κ3) is 5.93. The zero-order valence-corrected chi connectivity index (χ0v) is 19.0. The molecule has 2 rings (SSSR count). The fourth-order valence-electron chi connectivity index (χ4n) is 2.66. The number of nitrogens with zero attached hydrogens (tertiary/aromatic N) is 3. The number of anilines is 1. The van der Waals surface area contributed by atoms with E-state index in [0.29, 0.717) is 11.6 Å². The Hall–Kier alpha value is -2.61. The lowest BCUT2D eigenvalue weighted by Crippen LogP contribution is -2.45. The lowest BCUT2D eigenvalue weighted by molar-refractivity contribution is 0.0500. The summed E-state index contributed by atoms with van der Waals surface area (Å²) in [6, 6.07) is 3.50. The molecule has 29 heavy (non-hydrogen) atoms. The SMILES string of the molecule is C=C(C(NC(=O)OC(C)(C)C)C(C)C)N(C)c1sc(-c2cccnc2)nc1OC. The zero-order chi connectivity index (χ0) is 21.8. The Morgan fingerprint density at radius 2 is 2.03 bits per heavy atom. The average molecular weight is 419 g/mol. The van der Waals surface area contributed by atoms with Gasteiger partial charge in [0.15, 0.2) is 5.00 Å². The highest BCUT2D eigenvalue weighted by atomic mass is 32.1. The predicted octanol–water partition coefficient (Wildman–Crippen LogP) is 4.71. The summed E-state index contributed by atoms with van der Waals surface area (Å²) < 4.78 is 10.9. The molecule has 1 amide bonds. The van der Waals surface area contributed by atoms with E-state index in [4.69, 9.17) is 9.47 Å². The van der Waals surface area contributed by atoms with Crippen LogP contribution in [0.1, 0.15) is 34.6 Å². The maximum atomic E-state index is 12.3. The van der Waals surface area contributed by atoms with Crippen molar-refractivity contribution in [1.82, 2.24) is 15.3 Å². The molecule has 0 radical (unpaired) electrons. The second kappa shape index (κ2) is 9.26. The van der Waals surface area contributed by atoms with E-state index in [-0.39, 0.29) is 12.0 Å². The van der Waals surface area contributed by atoms with E-state index >= 15 is 0 Å². The van der Waals surface area contributed by atoms with Gasteiger partial charge in [0.2, 0.25) is 5.88 Å². The summed E-state index contributed by atoms with van der Waals surface area (Å²) in [7, 11) is 3.47. The van der Waals surface area contributed by atoms with Gasteiger partial charge in [-0.1, -0.05) is 31.8 Å². The van der Waals surface area contributed by atoms with Crippen LogP contribution >= 0.6 is 11.3 Å². The number of pyridine rings is 1. The molecule has 1 N–H and O–H groups in total. The molecular formula is C21H30N4O3S. The molecule has 2 aromatic heterocycles. The largest absolute Gasteiger partial charge is 0.479 e. The first-order valence-corrected chi connectivity index (χ1v) is 10.2. The standard InChI is InChI=1S/C21H30N4O3S/c1-13(2)16(23-20(26)28-21(4,5)6)14(3)25(7)19-17(27-8)24-18(29-19)15-10-9-11-22-12-15/h9-13,16H,3H2,1-2,4-8H3,(H,23,26). The number of carbonyl (C=O) groups excluding carboxylic acids is 1. The lowest BCUT2D eigenvalue weighted by Gasteiger charge is -2.31. The normalized spacial score (nSPS) is 12.4. The minimum Gasteiger partial charge on any atom is -0.479 e. The quantitative estimate of drug-likeness (QED) is 0.701. The first kappa shape index (κ1) is 22.7. The van der Waals surface area contributed by atoms with Crippen molar-refractivity contribution in [3.63, 3.8) is 0 Å².